The molecule has 0 saturated carbocycles. The van der Waals surface area contributed by atoms with E-state index in [9.17, 15) is 9.59 Å². The average molecular weight is 346 g/mol. The molecule has 1 heterocycles. The highest BCUT2D eigenvalue weighted by Crippen LogP contribution is 2.18. The van der Waals surface area contributed by atoms with Crippen molar-refractivity contribution in [3.8, 4) is 0 Å². The first kappa shape index (κ1) is 19.2. The van der Waals surface area contributed by atoms with Crippen LogP contribution in [0.4, 0.5) is 5.69 Å². The lowest BCUT2D eigenvalue weighted by atomic mass is 10.2. The Bertz CT molecular complexity index is 562. The summed E-state index contributed by atoms with van der Waals surface area (Å²) in [5.41, 5.74) is 1.18. The van der Waals surface area contributed by atoms with E-state index in [1.807, 2.05) is 23.1 Å². The molecular weight excluding hydrogens is 316 g/mol. The van der Waals surface area contributed by atoms with Crippen LogP contribution in [-0.4, -0.2) is 75.0 Å². The number of amides is 2. The molecule has 1 N–H and O–H groups in total. The highest BCUT2D eigenvalue weighted by molar-refractivity contribution is 5.83. The minimum atomic E-state index is -0.148. The molecule has 0 radical (unpaired) electrons. The van der Waals surface area contributed by atoms with Crippen molar-refractivity contribution in [1.29, 1.82) is 0 Å². The van der Waals surface area contributed by atoms with Crippen molar-refractivity contribution in [2.75, 3.05) is 52.2 Å². The van der Waals surface area contributed by atoms with Crippen LogP contribution < -0.4 is 10.2 Å². The quantitative estimate of drug-likeness (QED) is 0.718. The Morgan fingerprint density at radius 2 is 1.92 bits per heavy atom. The first-order valence-corrected chi connectivity index (χ1v) is 8.97. The summed E-state index contributed by atoms with van der Waals surface area (Å²) in [6, 6.07) is 10.1. The summed E-state index contributed by atoms with van der Waals surface area (Å²) in [7, 11) is 5.59. The first-order valence-electron chi connectivity index (χ1n) is 8.97. The van der Waals surface area contributed by atoms with Gasteiger partial charge >= 0.3 is 0 Å². The van der Waals surface area contributed by atoms with Crippen molar-refractivity contribution in [3.05, 3.63) is 30.3 Å². The zero-order valence-electron chi connectivity index (χ0n) is 15.6. The van der Waals surface area contributed by atoms with Crippen LogP contribution in [0, 0.1) is 0 Å². The third-order valence-electron chi connectivity index (χ3n) is 4.63. The van der Waals surface area contributed by atoms with Crippen LogP contribution in [0.1, 0.15) is 19.3 Å². The van der Waals surface area contributed by atoms with Gasteiger partial charge in [-0.25, -0.2) is 0 Å². The predicted octanol–water partition coefficient (Wildman–Crippen LogP) is 1.18. The van der Waals surface area contributed by atoms with Gasteiger partial charge in [-0.2, -0.15) is 0 Å². The fraction of sp³-hybridized carbons (Fsp3) is 0.579. The molecule has 1 aromatic carbocycles. The third kappa shape index (κ3) is 5.74. The number of rotatable bonds is 8. The maximum Gasteiger partial charge on any atom is 0.239 e. The van der Waals surface area contributed by atoms with E-state index in [1.165, 1.54) is 5.69 Å². The maximum absolute atomic E-state index is 12.2. The van der Waals surface area contributed by atoms with E-state index in [0.29, 0.717) is 13.1 Å². The third-order valence-corrected chi connectivity index (χ3v) is 4.63. The normalized spacial score (nSPS) is 17.3. The van der Waals surface area contributed by atoms with Gasteiger partial charge in [0.25, 0.3) is 0 Å². The van der Waals surface area contributed by atoms with Crippen LogP contribution in [0.2, 0.25) is 0 Å². The second-order valence-corrected chi connectivity index (χ2v) is 6.82. The molecule has 138 valence electrons. The van der Waals surface area contributed by atoms with Gasteiger partial charge in [0.1, 0.15) is 0 Å². The Morgan fingerprint density at radius 3 is 2.60 bits per heavy atom. The monoisotopic (exact) mass is 346 g/mol. The highest BCUT2D eigenvalue weighted by atomic mass is 16.2. The van der Waals surface area contributed by atoms with Crippen molar-refractivity contribution < 1.29 is 9.59 Å². The molecule has 1 saturated heterocycles. The molecule has 0 spiro atoms. The van der Waals surface area contributed by atoms with E-state index in [2.05, 4.69) is 29.4 Å². The average Bonchev–Trinajstić information content (AvgIpc) is 3.06. The number of likely N-dealkylation sites (N-methyl/N-ethyl adjacent to an activating group) is 1. The van der Waals surface area contributed by atoms with Crippen LogP contribution in [0.15, 0.2) is 30.3 Å². The summed E-state index contributed by atoms with van der Waals surface area (Å²) in [6.45, 7) is 2.65. The number of nitrogens with one attached hydrogen (secondary N) is 1. The Labute approximate surface area is 150 Å². The summed E-state index contributed by atoms with van der Waals surface area (Å²) >= 11 is 0. The topological polar surface area (TPSA) is 55.9 Å². The van der Waals surface area contributed by atoms with Crippen molar-refractivity contribution in [2.45, 2.75) is 25.3 Å². The lowest BCUT2D eigenvalue weighted by Gasteiger charge is -2.25. The molecule has 1 unspecified atom stereocenters. The van der Waals surface area contributed by atoms with E-state index < -0.39 is 0 Å². The van der Waals surface area contributed by atoms with Crippen molar-refractivity contribution >= 4 is 17.5 Å². The summed E-state index contributed by atoms with van der Waals surface area (Å²) < 4.78 is 0. The molecule has 1 fully saturated rings. The molecule has 2 amide bonds. The second-order valence-electron chi connectivity index (χ2n) is 6.82. The Morgan fingerprint density at radius 1 is 1.20 bits per heavy atom. The molecular formula is C19H30N4O2. The molecule has 1 aromatic rings. The van der Waals surface area contributed by atoms with Gasteiger partial charge in [0.05, 0.1) is 12.6 Å². The van der Waals surface area contributed by atoms with Gasteiger partial charge in [-0.3, -0.25) is 14.5 Å². The van der Waals surface area contributed by atoms with E-state index in [1.54, 1.807) is 19.0 Å². The standard InChI is InChI=1S/C19H30N4O2/c1-21(2)19(25)17-11-7-14-23(17)15-18(24)20-12-8-13-22(3)16-9-5-4-6-10-16/h4-6,9-10,17H,7-8,11-15H2,1-3H3,(H,20,24). The van der Waals surface area contributed by atoms with Crippen LogP contribution in [0.3, 0.4) is 0 Å². The molecule has 0 bridgehead atoms. The molecule has 0 aromatic heterocycles. The van der Waals surface area contributed by atoms with Crippen LogP contribution >= 0.6 is 0 Å². The van der Waals surface area contributed by atoms with Crippen LogP contribution in [-0.2, 0) is 9.59 Å². The van der Waals surface area contributed by atoms with Crippen LogP contribution in [0.25, 0.3) is 0 Å². The molecule has 6 heteroatoms. The van der Waals surface area contributed by atoms with Crippen LogP contribution in [0.5, 0.6) is 0 Å². The molecule has 2 rings (SSSR count). The predicted molar refractivity (Wildman–Crippen MR) is 101 cm³/mol. The number of carbonyl (C=O) groups excluding carboxylic acids is 2. The van der Waals surface area contributed by atoms with Gasteiger partial charge < -0.3 is 15.1 Å². The van der Waals surface area contributed by atoms with E-state index in [4.69, 9.17) is 0 Å². The van der Waals surface area contributed by atoms with Crippen molar-refractivity contribution in [2.24, 2.45) is 0 Å². The molecule has 1 atom stereocenters. The highest BCUT2D eigenvalue weighted by Gasteiger charge is 2.32. The van der Waals surface area contributed by atoms with Gasteiger partial charge in [0, 0.05) is 39.9 Å². The Balaban J connectivity index is 1.68. The van der Waals surface area contributed by atoms with E-state index in [0.717, 1.165) is 32.4 Å². The molecule has 6 nitrogen and oxygen atoms in total. The van der Waals surface area contributed by atoms with E-state index in [-0.39, 0.29) is 17.9 Å². The Kier molecular flexibility index (Phi) is 7.25. The zero-order valence-corrected chi connectivity index (χ0v) is 15.6. The minimum absolute atomic E-state index is 0.000760. The molecule has 25 heavy (non-hydrogen) atoms. The SMILES string of the molecule is CN(C)C(=O)C1CCCN1CC(=O)NCCCN(C)c1ccccc1. The Hall–Kier alpha value is -2.08. The number of benzene rings is 1. The summed E-state index contributed by atoms with van der Waals surface area (Å²) in [6.07, 6.45) is 2.70. The summed E-state index contributed by atoms with van der Waals surface area (Å²) in [5.74, 6) is 0.0932. The fourth-order valence-corrected chi connectivity index (χ4v) is 3.19. The second kappa shape index (κ2) is 9.42. The number of anilines is 1. The van der Waals surface area contributed by atoms with Gasteiger partial charge in [-0.05, 0) is 37.9 Å². The largest absolute Gasteiger partial charge is 0.375 e. The molecule has 0 aliphatic carbocycles. The number of nitrogens with zero attached hydrogens (tertiary/aromatic N) is 3. The van der Waals surface area contributed by atoms with Crippen molar-refractivity contribution in [1.82, 2.24) is 15.1 Å². The van der Waals surface area contributed by atoms with E-state index >= 15 is 0 Å². The summed E-state index contributed by atoms with van der Waals surface area (Å²) in [5, 5.41) is 2.97. The lowest BCUT2D eigenvalue weighted by molar-refractivity contribution is -0.134. The maximum atomic E-state index is 12.2. The first-order chi connectivity index (χ1) is 12.0. The molecule has 1 aliphatic heterocycles. The van der Waals surface area contributed by atoms with Gasteiger partial charge in [0.15, 0.2) is 0 Å². The smallest absolute Gasteiger partial charge is 0.239 e. The van der Waals surface area contributed by atoms with Gasteiger partial charge in [-0.1, -0.05) is 18.2 Å². The van der Waals surface area contributed by atoms with Gasteiger partial charge in [0.2, 0.25) is 11.8 Å². The number of carbonyl (C=O) groups is 2. The number of hydrogen-bond acceptors (Lipinski definition) is 4. The summed E-state index contributed by atoms with van der Waals surface area (Å²) in [4.78, 5) is 30.1. The minimum Gasteiger partial charge on any atom is -0.375 e. The number of hydrogen-bond donors (Lipinski definition) is 1. The fourth-order valence-electron chi connectivity index (χ4n) is 3.19. The lowest BCUT2D eigenvalue weighted by Crippen LogP contribution is -2.46. The van der Waals surface area contributed by atoms with Crippen molar-refractivity contribution in [3.63, 3.8) is 0 Å². The zero-order chi connectivity index (χ0) is 18.2. The number of likely N-dealkylation sites (tertiary alicyclic amines) is 1. The number of para-hydroxylation sites is 1. The molecule has 1 aliphatic rings. The van der Waals surface area contributed by atoms with Gasteiger partial charge in [-0.15, -0.1) is 0 Å².